The zero-order valence-corrected chi connectivity index (χ0v) is 16.8. The molecule has 0 aromatic heterocycles. The van der Waals surface area contributed by atoms with Crippen LogP contribution in [-0.4, -0.2) is 34.2 Å². The van der Waals surface area contributed by atoms with Crippen molar-refractivity contribution in [2.75, 3.05) is 17.8 Å². The molecule has 2 aromatic rings. The smallest absolute Gasteiger partial charge is 0.267 e. The molecule has 0 spiro atoms. The summed E-state index contributed by atoms with van der Waals surface area (Å²) >= 11 is 0. The van der Waals surface area contributed by atoms with E-state index in [0.29, 0.717) is 18.7 Å². The maximum atomic E-state index is 13.9. The number of anilines is 1. The van der Waals surface area contributed by atoms with Gasteiger partial charge in [-0.3, -0.25) is 4.72 Å². The first-order chi connectivity index (χ1) is 13.1. The third-order valence-corrected chi connectivity index (χ3v) is 8.03. The second-order valence-electron chi connectivity index (χ2n) is 6.60. The molecule has 152 valence electrons. The Bertz CT molecular complexity index is 1080. The van der Waals surface area contributed by atoms with E-state index in [-0.39, 0.29) is 10.6 Å². The zero-order valence-electron chi connectivity index (χ0n) is 15.2. The van der Waals surface area contributed by atoms with Gasteiger partial charge in [-0.25, -0.2) is 25.6 Å². The van der Waals surface area contributed by atoms with Crippen molar-refractivity contribution in [2.24, 2.45) is 0 Å². The molecule has 2 aromatic carbocycles. The summed E-state index contributed by atoms with van der Waals surface area (Å²) in [5, 5.41) is 0. The van der Waals surface area contributed by atoms with Gasteiger partial charge >= 0.3 is 0 Å². The first kappa shape index (κ1) is 20.7. The van der Waals surface area contributed by atoms with E-state index in [1.807, 2.05) is 0 Å². The first-order valence-electron chi connectivity index (χ1n) is 8.70. The SMILES string of the molecule is Cc1ccc(NS(=O)(=O)c2c(F)cccc2F)cc1S(=O)(=O)N1CCCCC1. The molecule has 1 fully saturated rings. The van der Waals surface area contributed by atoms with Crippen LogP contribution in [0.3, 0.4) is 0 Å². The summed E-state index contributed by atoms with van der Waals surface area (Å²) in [6.45, 7) is 2.40. The molecule has 1 aliphatic rings. The lowest BCUT2D eigenvalue weighted by atomic mass is 10.2. The van der Waals surface area contributed by atoms with E-state index in [1.165, 1.54) is 22.5 Å². The Morgan fingerprint density at radius 2 is 1.54 bits per heavy atom. The molecular weight excluding hydrogens is 410 g/mol. The van der Waals surface area contributed by atoms with E-state index in [1.54, 1.807) is 6.92 Å². The third-order valence-electron chi connectivity index (χ3n) is 4.56. The number of nitrogens with one attached hydrogen (secondary N) is 1. The second-order valence-corrected chi connectivity index (χ2v) is 10.1. The topological polar surface area (TPSA) is 83.5 Å². The van der Waals surface area contributed by atoms with Gasteiger partial charge in [-0.15, -0.1) is 0 Å². The van der Waals surface area contributed by atoms with E-state index < -0.39 is 36.6 Å². The van der Waals surface area contributed by atoms with Crippen LogP contribution in [0.25, 0.3) is 0 Å². The predicted molar refractivity (Wildman–Crippen MR) is 101 cm³/mol. The van der Waals surface area contributed by atoms with Crippen LogP contribution in [0.5, 0.6) is 0 Å². The number of rotatable bonds is 5. The Balaban J connectivity index is 1.98. The first-order valence-corrected chi connectivity index (χ1v) is 11.6. The number of halogens is 2. The normalized spacial score (nSPS) is 16.1. The highest BCUT2D eigenvalue weighted by molar-refractivity contribution is 7.92. The molecule has 28 heavy (non-hydrogen) atoms. The number of hydrogen-bond donors (Lipinski definition) is 1. The van der Waals surface area contributed by atoms with Crippen LogP contribution < -0.4 is 4.72 Å². The Morgan fingerprint density at radius 1 is 0.929 bits per heavy atom. The van der Waals surface area contributed by atoms with Gasteiger partial charge in [-0.1, -0.05) is 18.6 Å². The van der Waals surface area contributed by atoms with Gasteiger partial charge < -0.3 is 0 Å². The van der Waals surface area contributed by atoms with Gasteiger partial charge in [0.15, 0.2) is 4.90 Å². The Morgan fingerprint density at radius 3 is 2.14 bits per heavy atom. The number of hydrogen-bond acceptors (Lipinski definition) is 4. The number of sulfonamides is 2. The monoisotopic (exact) mass is 430 g/mol. The van der Waals surface area contributed by atoms with E-state index in [0.717, 1.165) is 37.5 Å². The van der Waals surface area contributed by atoms with E-state index in [2.05, 4.69) is 4.72 Å². The van der Waals surface area contributed by atoms with Crippen molar-refractivity contribution in [1.29, 1.82) is 0 Å². The zero-order chi connectivity index (χ0) is 20.5. The van der Waals surface area contributed by atoms with Crippen LogP contribution in [0.4, 0.5) is 14.5 Å². The molecule has 0 atom stereocenters. The lowest BCUT2D eigenvalue weighted by molar-refractivity contribution is 0.346. The Labute approximate surface area is 163 Å². The average molecular weight is 430 g/mol. The molecule has 1 saturated heterocycles. The molecule has 0 bridgehead atoms. The van der Waals surface area contributed by atoms with Crippen LogP contribution in [0.15, 0.2) is 46.2 Å². The minimum atomic E-state index is -4.58. The lowest BCUT2D eigenvalue weighted by Crippen LogP contribution is -2.36. The van der Waals surface area contributed by atoms with E-state index in [4.69, 9.17) is 0 Å². The molecule has 0 radical (unpaired) electrons. The van der Waals surface area contributed by atoms with Crippen LogP contribution in [0, 0.1) is 18.6 Å². The van der Waals surface area contributed by atoms with Gasteiger partial charge in [-0.05, 0) is 49.6 Å². The summed E-state index contributed by atoms with van der Waals surface area (Å²) in [7, 11) is -8.38. The summed E-state index contributed by atoms with van der Waals surface area (Å²) in [5.41, 5.74) is 0.356. The largest absolute Gasteiger partial charge is 0.279 e. The Kier molecular flexibility index (Phi) is 5.74. The molecule has 1 heterocycles. The van der Waals surface area contributed by atoms with Gasteiger partial charge in [0.25, 0.3) is 10.0 Å². The highest BCUT2D eigenvalue weighted by Gasteiger charge is 2.29. The number of benzene rings is 2. The maximum absolute atomic E-state index is 13.9. The average Bonchev–Trinajstić information content (AvgIpc) is 2.63. The quantitative estimate of drug-likeness (QED) is 0.789. The van der Waals surface area contributed by atoms with Gasteiger partial charge in [0.1, 0.15) is 11.6 Å². The molecule has 0 amide bonds. The molecule has 6 nitrogen and oxygen atoms in total. The Hall–Kier alpha value is -2.04. The fourth-order valence-corrected chi connectivity index (χ4v) is 6.09. The van der Waals surface area contributed by atoms with Crippen molar-refractivity contribution < 1.29 is 25.6 Å². The number of aryl methyl sites for hydroxylation is 1. The van der Waals surface area contributed by atoms with Gasteiger partial charge in [0.2, 0.25) is 10.0 Å². The summed E-state index contributed by atoms with van der Waals surface area (Å²) < 4.78 is 81.9. The fourth-order valence-electron chi connectivity index (χ4n) is 3.13. The van der Waals surface area contributed by atoms with Gasteiger partial charge in [0, 0.05) is 13.1 Å². The summed E-state index contributed by atoms with van der Waals surface area (Å²) in [4.78, 5) is -1.15. The fraction of sp³-hybridized carbons (Fsp3) is 0.333. The second kappa shape index (κ2) is 7.76. The lowest BCUT2D eigenvalue weighted by Gasteiger charge is -2.26. The van der Waals surface area contributed by atoms with Crippen molar-refractivity contribution in [3.63, 3.8) is 0 Å². The molecule has 1 aliphatic heterocycles. The van der Waals surface area contributed by atoms with Crippen molar-refractivity contribution in [2.45, 2.75) is 36.0 Å². The van der Waals surface area contributed by atoms with E-state index >= 15 is 0 Å². The van der Waals surface area contributed by atoms with Crippen LogP contribution in [0.2, 0.25) is 0 Å². The third kappa shape index (κ3) is 4.03. The van der Waals surface area contributed by atoms with Crippen LogP contribution in [0.1, 0.15) is 24.8 Å². The molecule has 0 unspecified atom stereocenters. The number of piperidine rings is 1. The molecule has 3 rings (SSSR count). The molecular formula is C18H20F2N2O4S2. The predicted octanol–water partition coefficient (Wildman–Crippen LogP) is 3.25. The molecule has 10 heteroatoms. The summed E-state index contributed by atoms with van der Waals surface area (Å²) in [6.07, 6.45) is 2.48. The van der Waals surface area contributed by atoms with Gasteiger partial charge in [-0.2, -0.15) is 4.31 Å². The summed E-state index contributed by atoms with van der Waals surface area (Å²) in [6, 6.07) is 6.69. The molecule has 0 saturated carbocycles. The highest BCUT2D eigenvalue weighted by atomic mass is 32.2. The standard InChI is InChI=1S/C18H20F2N2O4S2/c1-13-8-9-14(12-17(13)28(25,26)22-10-3-2-4-11-22)21-27(23,24)18-15(19)6-5-7-16(18)20/h5-9,12,21H,2-4,10-11H2,1H3. The van der Waals surface area contributed by atoms with Crippen LogP contribution in [-0.2, 0) is 20.0 Å². The summed E-state index contributed by atoms with van der Waals surface area (Å²) in [5.74, 6) is -2.47. The minimum Gasteiger partial charge on any atom is -0.279 e. The minimum absolute atomic E-state index is 0.0383. The molecule has 0 aliphatic carbocycles. The highest BCUT2D eigenvalue weighted by Crippen LogP contribution is 2.28. The van der Waals surface area contributed by atoms with E-state index in [9.17, 15) is 25.6 Å². The van der Waals surface area contributed by atoms with Crippen LogP contribution >= 0.6 is 0 Å². The maximum Gasteiger partial charge on any atom is 0.267 e. The number of nitrogens with zero attached hydrogens (tertiary/aromatic N) is 1. The molecule has 1 N–H and O–H groups in total. The van der Waals surface area contributed by atoms with Crippen molar-refractivity contribution >= 4 is 25.7 Å². The van der Waals surface area contributed by atoms with Crippen molar-refractivity contribution in [3.05, 3.63) is 53.6 Å². The van der Waals surface area contributed by atoms with Crippen molar-refractivity contribution in [1.82, 2.24) is 4.31 Å². The van der Waals surface area contributed by atoms with Crippen molar-refractivity contribution in [3.8, 4) is 0 Å². The van der Waals surface area contributed by atoms with Gasteiger partial charge in [0.05, 0.1) is 10.6 Å².